The van der Waals surface area contributed by atoms with Crippen molar-refractivity contribution in [3.05, 3.63) is 66.8 Å². The number of benzene rings is 14. The second kappa shape index (κ2) is 10.9. The molecule has 20 aromatic carbocycles. The summed E-state index contributed by atoms with van der Waals surface area (Å²) in [5, 5.41) is 43.6. The summed E-state index contributed by atoms with van der Waals surface area (Å²) in [4.78, 5) is 105. The molecule has 35 rings (SSSR count). The van der Waals surface area contributed by atoms with E-state index >= 15 is 28.8 Å². The SMILES string of the molecule is COC(=O)C1(C(=O)OCCCBr)C23c4c5c6c7c8c4-c4c2c2c9c%10c%11c%12c(c-5c5c%13c%14c%15c%16c%17c(c-7c7c%18c%19c%20c%21c(c4C%204C(C(=O)OC)(C(=O)OCCCBr)C874)c2c2c9c4c%11c7c(c%13%12)c%14c8c%16c9c(c%18%17)c%19c%11c%21c2c2c4c7c8c9c%112)C%152C(C(=O)OC)(C(=O)OCCCBr)C652)C%1013. The monoisotopic (exact) mass is 1430 g/mol. The van der Waals surface area contributed by atoms with Crippen LogP contribution in [-0.4, -0.2) is 93.0 Å². The predicted molar refractivity (Wildman–Crippen MR) is 369 cm³/mol. The van der Waals surface area contributed by atoms with E-state index in [1.807, 2.05) is 0 Å². The van der Waals surface area contributed by atoms with Gasteiger partial charge in [-0.25, -0.2) is 0 Å². The van der Waals surface area contributed by atoms with Crippen LogP contribution in [0.15, 0.2) is 0 Å². The predicted octanol–water partition coefficient (Wildman–Crippen LogP) is 14.8. The van der Waals surface area contributed by atoms with Gasteiger partial charge < -0.3 is 28.4 Å². The Balaban J connectivity index is 0.985. The minimum Gasteiger partial charge on any atom is -0.468 e. The Hall–Kier alpha value is -8.76. The minimum absolute atomic E-state index is 0.0390. The van der Waals surface area contributed by atoms with Crippen LogP contribution in [0.1, 0.15) is 86.0 Å². The Bertz CT molecular complexity index is 7260. The molecular formula is C81H27Br3O12. The van der Waals surface area contributed by atoms with E-state index in [1.165, 1.54) is 134 Å². The maximum atomic E-state index is 17.6. The van der Waals surface area contributed by atoms with E-state index < -0.39 is 84.6 Å². The van der Waals surface area contributed by atoms with E-state index in [0.29, 0.717) is 35.3 Å². The third-order valence-electron chi connectivity index (χ3n) is 32.1. The lowest BCUT2D eigenvalue weighted by Crippen LogP contribution is -2.39. The summed E-state index contributed by atoms with van der Waals surface area (Å²) in [7, 11) is 4.30. The van der Waals surface area contributed by atoms with Crippen molar-refractivity contribution in [3.63, 3.8) is 0 Å². The molecule has 0 amide bonds. The van der Waals surface area contributed by atoms with Gasteiger partial charge in [0.2, 0.25) is 0 Å². The van der Waals surface area contributed by atoms with Gasteiger partial charge in [-0.15, -0.1) is 0 Å². The minimum atomic E-state index is -2.10. The van der Waals surface area contributed by atoms with Crippen molar-refractivity contribution in [2.24, 2.45) is 16.2 Å². The number of ether oxygens (including phenoxy) is 6. The van der Waals surface area contributed by atoms with Crippen molar-refractivity contribution in [2.75, 3.05) is 57.1 Å². The molecule has 3 saturated carbocycles. The molecule has 15 aliphatic rings. The van der Waals surface area contributed by atoms with Gasteiger partial charge in [0.05, 0.1) is 73.6 Å². The summed E-state index contributed by atoms with van der Waals surface area (Å²) in [5.74, 6) is -3.91. The molecule has 12 nitrogen and oxygen atoms in total. The van der Waals surface area contributed by atoms with Crippen LogP contribution in [0.3, 0.4) is 0 Å². The van der Waals surface area contributed by atoms with Gasteiger partial charge in [0.15, 0.2) is 16.2 Å². The molecule has 3 fully saturated rings. The van der Waals surface area contributed by atoms with Gasteiger partial charge in [-0.3, -0.25) is 28.8 Å². The van der Waals surface area contributed by atoms with E-state index in [-0.39, 0.29) is 19.8 Å². The maximum Gasteiger partial charge on any atom is 0.326 e. The highest BCUT2D eigenvalue weighted by atomic mass is 79.9. The third-order valence-corrected chi connectivity index (χ3v) is 33.7. The lowest BCUT2D eigenvalue weighted by molar-refractivity contribution is -0.166. The number of alkyl halides is 3. The zero-order chi connectivity index (χ0) is 61.7. The molecule has 20 aromatic rings. The summed E-state index contributed by atoms with van der Waals surface area (Å²) in [6, 6.07) is 0. The molecule has 15 heteroatoms. The summed E-state index contributed by atoms with van der Waals surface area (Å²) in [6.07, 6.45) is 1.47. The van der Waals surface area contributed by atoms with Gasteiger partial charge in [0.1, 0.15) is 0 Å². The van der Waals surface area contributed by atoms with E-state index in [0.717, 1.165) is 181 Å². The van der Waals surface area contributed by atoms with Crippen LogP contribution in [0.25, 0.3) is 227 Å². The highest BCUT2D eigenvalue weighted by Gasteiger charge is 3.10. The molecule has 96 heavy (non-hydrogen) atoms. The van der Waals surface area contributed by atoms with Gasteiger partial charge in [0, 0.05) is 16.0 Å². The van der Waals surface area contributed by atoms with Crippen molar-refractivity contribution in [1.82, 2.24) is 0 Å². The molecule has 15 aliphatic carbocycles. The van der Waals surface area contributed by atoms with Crippen LogP contribution in [0.5, 0.6) is 0 Å². The summed E-state index contributed by atoms with van der Waals surface area (Å²) >= 11 is 11.0. The first-order valence-corrected chi connectivity index (χ1v) is 37.2. The summed E-state index contributed by atoms with van der Waals surface area (Å²) < 4.78 is 40.4. The van der Waals surface area contributed by atoms with E-state index in [1.54, 1.807) is 0 Å². The average molecular weight is 1430 g/mol. The average Bonchev–Trinajstić information content (AvgIpc) is 1.33. The lowest BCUT2D eigenvalue weighted by Gasteiger charge is -2.35. The third kappa shape index (κ3) is 2.47. The standard InChI is InChI=1S/C81H27Br3O12/c1-91-67(85)79(70(88)94-10-4-7-82)73-55-37-28-19-13-16-14-18-15-17(13)23-30-21(15)27-33-24(18)29-20(14)25-31(22(16)28)40(55)46-35(25)44-38(29)56-42(33)48-36(27)45-39(30)57-41-32(23)26(19)34-43(37)58(73)49-52-64-53-50(61(46)76(64,73)79)59(44)74(56)78(80(74,68(86)92-2)71(89)95-11-5-8-83)63(48)51-54(66(53)78)65(52)77(62(49)47(34)41)75(57,60(45)51)81(77,69(87)93-3)72(90)96-12-6-9-84/h4-12H2,1-3H3. The molecule has 444 valence electrons. The number of rotatable bonds is 15. The summed E-state index contributed by atoms with van der Waals surface area (Å²) in [5.41, 5.74) is 0.413. The first-order valence-electron chi connectivity index (χ1n) is 33.8. The summed E-state index contributed by atoms with van der Waals surface area (Å²) in [6.45, 7) is 0.117. The molecule has 0 saturated heterocycles. The lowest BCUT2D eigenvalue weighted by atomic mass is 9.65. The first-order chi connectivity index (χ1) is 47.1. The smallest absolute Gasteiger partial charge is 0.326 e. The molecule has 0 heterocycles. The van der Waals surface area contributed by atoms with Gasteiger partial charge in [-0.2, -0.15) is 0 Å². The fourth-order valence-electron chi connectivity index (χ4n) is 32.2. The number of esters is 6. The second-order valence-electron chi connectivity index (χ2n) is 32.0. The molecule has 9 atom stereocenters. The second-order valence-corrected chi connectivity index (χ2v) is 34.4. The number of methoxy groups -OCH3 is 3. The molecule has 0 aromatic heterocycles. The van der Waals surface area contributed by atoms with Crippen LogP contribution in [0.4, 0.5) is 0 Å². The van der Waals surface area contributed by atoms with Crippen molar-refractivity contribution < 1.29 is 57.2 Å². The topological polar surface area (TPSA) is 158 Å². The number of hydrogen-bond donors (Lipinski definition) is 0. The number of halogens is 3. The zero-order valence-electron chi connectivity index (χ0n) is 49.9. The molecule has 0 aliphatic heterocycles. The number of carbonyl (C=O) groups is 6. The quantitative estimate of drug-likeness (QED) is 0.0239. The van der Waals surface area contributed by atoms with Crippen LogP contribution in [0.2, 0.25) is 0 Å². The molecule has 0 N–H and O–H groups in total. The Morgan fingerprint density at radius 3 is 0.573 bits per heavy atom. The van der Waals surface area contributed by atoms with E-state index in [2.05, 4.69) is 47.8 Å². The normalized spacial score (nSPS) is 31.2. The molecule has 9 unspecified atom stereocenters. The Morgan fingerprint density at radius 2 is 0.385 bits per heavy atom. The molecule has 0 radical (unpaired) electrons. The molecule has 0 bridgehead atoms. The molecule has 6 spiro atoms. The van der Waals surface area contributed by atoms with Gasteiger partial charge in [0.25, 0.3) is 0 Å². The van der Waals surface area contributed by atoms with Crippen molar-refractivity contribution in [2.45, 2.75) is 51.8 Å². The van der Waals surface area contributed by atoms with E-state index in [9.17, 15) is 0 Å². The van der Waals surface area contributed by atoms with Gasteiger partial charge in [-0.05, 0) is 313 Å². The maximum absolute atomic E-state index is 17.6. The fourth-order valence-corrected chi connectivity index (χ4v) is 32.9. The van der Waals surface area contributed by atoms with E-state index in [4.69, 9.17) is 28.4 Å². The van der Waals surface area contributed by atoms with Crippen LogP contribution < -0.4 is 0 Å². The van der Waals surface area contributed by atoms with Crippen LogP contribution in [-0.2, 0) is 89.7 Å². The largest absolute Gasteiger partial charge is 0.468 e. The fraction of sp³-hybridized carbons (Fsp3) is 0.259. The van der Waals surface area contributed by atoms with Crippen molar-refractivity contribution in [1.29, 1.82) is 0 Å². The van der Waals surface area contributed by atoms with Crippen LogP contribution in [0, 0.1) is 16.2 Å². The first kappa shape index (κ1) is 44.9. The molecular weight excluding hydrogens is 1400 g/mol. The zero-order valence-corrected chi connectivity index (χ0v) is 54.7. The Kier molecular flexibility index (Phi) is 5.08. The van der Waals surface area contributed by atoms with Gasteiger partial charge >= 0.3 is 35.8 Å². The van der Waals surface area contributed by atoms with Crippen molar-refractivity contribution >= 4 is 278 Å². The highest BCUT2D eigenvalue weighted by Crippen LogP contribution is 3.07. The van der Waals surface area contributed by atoms with Crippen LogP contribution >= 0.6 is 47.8 Å². The Morgan fingerprint density at radius 1 is 0.229 bits per heavy atom. The number of hydrogen-bond acceptors (Lipinski definition) is 12. The van der Waals surface area contributed by atoms with Gasteiger partial charge in [-0.1, -0.05) is 47.8 Å². The highest BCUT2D eigenvalue weighted by molar-refractivity contribution is 9.09. The van der Waals surface area contributed by atoms with Crippen molar-refractivity contribution in [3.8, 4) is 33.4 Å². The number of carbonyl (C=O) groups excluding carboxylic acids is 6. The Labute approximate surface area is 555 Å².